The molecule has 2 aromatic carbocycles. The molecule has 0 saturated heterocycles. The molecule has 0 bridgehead atoms. The maximum atomic E-state index is 10.6. The van der Waals surface area contributed by atoms with Crippen LogP contribution in [0.5, 0.6) is 11.5 Å². The van der Waals surface area contributed by atoms with Gasteiger partial charge >= 0.3 is 0 Å². The van der Waals surface area contributed by atoms with Crippen LogP contribution in [0.2, 0.25) is 0 Å². The molecule has 0 unspecified atom stereocenters. The monoisotopic (exact) mass is 378 g/mol. The summed E-state index contributed by atoms with van der Waals surface area (Å²) in [6, 6.07) is 13.0. The summed E-state index contributed by atoms with van der Waals surface area (Å²) in [7, 11) is 1.61. The fraction of sp³-hybridized carbons (Fsp3) is 0.238. The summed E-state index contributed by atoms with van der Waals surface area (Å²) in [4.78, 5) is 9.44. The Bertz CT molecular complexity index is 1080. The summed E-state index contributed by atoms with van der Waals surface area (Å²) in [6.07, 6.45) is 0.00400. The molecule has 0 fully saturated rings. The van der Waals surface area contributed by atoms with Gasteiger partial charge in [-0.1, -0.05) is 12.1 Å². The first-order chi connectivity index (χ1) is 13.5. The van der Waals surface area contributed by atoms with Crippen LogP contribution in [0.1, 0.15) is 19.7 Å². The fourth-order valence-corrected chi connectivity index (χ4v) is 3.30. The van der Waals surface area contributed by atoms with Crippen molar-refractivity contribution in [3.8, 4) is 11.5 Å². The van der Waals surface area contributed by atoms with E-state index in [0.29, 0.717) is 22.9 Å². The van der Waals surface area contributed by atoms with Crippen molar-refractivity contribution in [1.82, 2.24) is 9.97 Å². The zero-order valence-corrected chi connectivity index (χ0v) is 16.0. The second-order valence-corrected chi connectivity index (χ2v) is 6.86. The fourth-order valence-electron chi connectivity index (χ4n) is 3.30. The molecular weight excluding hydrogens is 356 g/mol. The number of methoxy groups -OCH3 is 1. The highest BCUT2D eigenvalue weighted by atomic mass is 16.5. The first-order valence-electron chi connectivity index (χ1n) is 9.06. The molecule has 4 rings (SSSR count). The molecule has 0 saturated carbocycles. The zero-order chi connectivity index (χ0) is 19.8. The Morgan fingerprint density at radius 3 is 2.75 bits per heavy atom. The van der Waals surface area contributed by atoms with E-state index in [0.717, 1.165) is 16.7 Å². The highest BCUT2D eigenvalue weighted by Gasteiger charge is 2.32. The number of H-pyrrole nitrogens is 1. The van der Waals surface area contributed by atoms with Crippen LogP contribution in [0, 0.1) is 5.41 Å². The van der Waals surface area contributed by atoms with Crippen molar-refractivity contribution in [1.29, 1.82) is 5.41 Å². The number of aromatic amines is 1. The summed E-state index contributed by atoms with van der Waals surface area (Å²) in [5.41, 5.74) is 2.64. The van der Waals surface area contributed by atoms with Crippen molar-refractivity contribution in [3.63, 3.8) is 0 Å². The summed E-state index contributed by atoms with van der Waals surface area (Å²) < 4.78 is 11.1. The van der Waals surface area contributed by atoms with Gasteiger partial charge in [-0.2, -0.15) is 0 Å². The molecule has 2 heterocycles. The van der Waals surface area contributed by atoms with Gasteiger partial charge in [-0.25, -0.2) is 4.98 Å². The quantitative estimate of drug-likeness (QED) is 0.621. The van der Waals surface area contributed by atoms with Gasteiger partial charge in [0.2, 0.25) is 0 Å². The predicted molar refractivity (Wildman–Crippen MR) is 109 cm³/mol. The van der Waals surface area contributed by atoms with Gasteiger partial charge in [0.25, 0.3) is 0 Å². The number of hydrogen-bond acceptors (Lipinski definition) is 5. The Hall–Kier alpha value is -3.48. The summed E-state index contributed by atoms with van der Waals surface area (Å²) in [5, 5.41) is 19.3. The van der Waals surface area contributed by atoms with Crippen molar-refractivity contribution in [3.05, 3.63) is 54.0 Å². The molecule has 0 spiro atoms. The molecule has 0 amide bonds. The lowest BCUT2D eigenvalue weighted by molar-refractivity contribution is 0.243. The van der Waals surface area contributed by atoms with E-state index in [4.69, 9.17) is 14.9 Å². The van der Waals surface area contributed by atoms with Gasteiger partial charge in [-0.05, 0) is 38.1 Å². The predicted octanol–water partition coefficient (Wildman–Crippen LogP) is 4.13. The van der Waals surface area contributed by atoms with Crippen LogP contribution in [0.15, 0.2) is 48.2 Å². The van der Waals surface area contributed by atoms with Crippen molar-refractivity contribution in [2.75, 3.05) is 18.6 Å². The smallest absolute Gasteiger partial charge is 0.145 e. The Morgan fingerprint density at radius 1 is 1.21 bits per heavy atom. The van der Waals surface area contributed by atoms with E-state index in [1.807, 2.05) is 56.3 Å². The number of anilines is 1. The van der Waals surface area contributed by atoms with Gasteiger partial charge in [0.05, 0.1) is 42.1 Å². The SMILES string of the molecule is COc1ccc2nc(C3=C(O)CN(c4ccccc4OC(C)C)C3=N)[nH]c2c1. The zero-order valence-electron chi connectivity index (χ0n) is 16.0. The number of para-hydroxylation sites is 2. The molecule has 28 heavy (non-hydrogen) atoms. The number of amidine groups is 1. The van der Waals surface area contributed by atoms with E-state index in [1.54, 1.807) is 12.0 Å². The van der Waals surface area contributed by atoms with Gasteiger partial charge in [-0.3, -0.25) is 5.41 Å². The van der Waals surface area contributed by atoms with Crippen molar-refractivity contribution in [2.24, 2.45) is 0 Å². The van der Waals surface area contributed by atoms with Gasteiger partial charge in [0.15, 0.2) is 0 Å². The first-order valence-corrected chi connectivity index (χ1v) is 9.06. The number of imidazole rings is 1. The Morgan fingerprint density at radius 2 is 2.00 bits per heavy atom. The lowest BCUT2D eigenvalue weighted by Crippen LogP contribution is -2.27. The third kappa shape index (κ3) is 3.05. The van der Waals surface area contributed by atoms with E-state index in [2.05, 4.69) is 9.97 Å². The van der Waals surface area contributed by atoms with Crippen molar-refractivity contribution >= 4 is 28.1 Å². The maximum absolute atomic E-state index is 10.6. The number of aliphatic hydroxyl groups excluding tert-OH is 1. The number of rotatable bonds is 5. The molecule has 3 N–H and O–H groups in total. The molecule has 1 aliphatic heterocycles. The highest BCUT2D eigenvalue weighted by Crippen LogP contribution is 2.36. The Labute approximate surface area is 162 Å². The number of ether oxygens (including phenoxy) is 2. The number of aliphatic hydroxyl groups is 1. The second kappa shape index (κ2) is 6.92. The van der Waals surface area contributed by atoms with Crippen LogP contribution in [0.25, 0.3) is 16.6 Å². The molecule has 3 aromatic rings. The molecule has 7 heteroatoms. The van der Waals surface area contributed by atoms with E-state index >= 15 is 0 Å². The highest BCUT2D eigenvalue weighted by molar-refractivity contribution is 6.30. The third-order valence-corrected chi connectivity index (χ3v) is 4.55. The summed E-state index contributed by atoms with van der Waals surface area (Å²) in [5.74, 6) is 2.10. The Balaban J connectivity index is 1.70. The topological polar surface area (TPSA) is 94.5 Å². The minimum atomic E-state index is 0.00400. The number of benzene rings is 2. The van der Waals surface area contributed by atoms with Crippen LogP contribution in [-0.2, 0) is 0 Å². The average molecular weight is 378 g/mol. The van der Waals surface area contributed by atoms with Gasteiger partial charge < -0.3 is 24.5 Å². The van der Waals surface area contributed by atoms with Gasteiger partial charge in [0.1, 0.15) is 28.9 Å². The lowest BCUT2D eigenvalue weighted by atomic mass is 10.2. The molecule has 144 valence electrons. The average Bonchev–Trinajstić information content (AvgIpc) is 3.20. The van der Waals surface area contributed by atoms with Crippen LogP contribution in [-0.4, -0.2) is 40.7 Å². The minimum Gasteiger partial charge on any atom is -0.509 e. The molecule has 7 nitrogen and oxygen atoms in total. The minimum absolute atomic E-state index is 0.00400. The second-order valence-electron chi connectivity index (χ2n) is 6.86. The lowest BCUT2D eigenvalue weighted by Gasteiger charge is -2.23. The summed E-state index contributed by atoms with van der Waals surface area (Å²) in [6.45, 7) is 4.10. The number of hydrogen-bond donors (Lipinski definition) is 3. The normalized spacial score (nSPS) is 14.4. The van der Waals surface area contributed by atoms with Crippen molar-refractivity contribution < 1.29 is 14.6 Å². The van der Waals surface area contributed by atoms with E-state index in [1.165, 1.54) is 0 Å². The molecular formula is C21H22N4O3. The van der Waals surface area contributed by atoms with Crippen molar-refractivity contribution in [2.45, 2.75) is 20.0 Å². The third-order valence-electron chi connectivity index (χ3n) is 4.55. The van der Waals surface area contributed by atoms with Gasteiger partial charge in [-0.15, -0.1) is 0 Å². The van der Waals surface area contributed by atoms with E-state index < -0.39 is 0 Å². The Kier molecular flexibility index (Phi) is 4.43. The van der Waals surface area contributed by atoms with Crippen LogP contribution in [0.3, 0.4) is 0 Å². The van der Waals surface area contributed by atoms with Crippen LogP contribution >= 0.6 is 0 Å². The van der Waals surface area contributed by atoms with E-state index in [9.17, 15) is 5.11 Å². The largest absolute Gasteiger partial charge is 0.509 e. The van der Waals surface area contributed by atoms with Crippen LogP contribution in [0.4, 0.5) is 5.69 Å². The molecule has 0 atom stereocenters. The number of nitrogens with one attached hydrogen (secondary N) is 2. The molecule has 0 aliphatic carbocycles. The van der Waals surface area contributed by atoms with E-state index in [-0.39, 0.29) is 24.2 Å². The standard InChI is InChI=1S/C21H22N4O3/c1-12(2)28-18-7-5-4-6-16(18)25-11-17(26)19(20(25)22)21-23-14-9-8-13(27-3)10-15(14)24-21/h4-10,12,22,26H,11H2,1-3H3,(H,23,24). The summed E-state index contributed by atoms with van der Waals surface area (Å²) >= 11 is 0. The first kappa shape index (κ1) is 17.9. The maximum Gasteiger partial charge on any atom is 0.145 e. The number of aromatic nitrogens is 2. The van der Waals surface area contributed by atoms with Gasteiger partial charge in [0, 0.05) is 6.07 Å². The molecule has 0 radical (unpaired) electrons. The number of fused-ring (bicyclic) bond motifs is 1. The number of nitrogens with zero attached hydrogens (tertiary/aromatic N) is 2. The van der Waals surface area contributed by atoms with Crippen LogP contribution < -0.4 is 14.4 Å². The molecule has 1 aromatic heterocycles. The molecule has 1 aliphatic rings.